The van der Waals surface area contributed by atoms with Crippen molar-refractivity contribution in [3.63, 3.8) is 0 Å². The van der Waals surface area contributed by atoms with Crippen LogP contribution in [0.2, 0.25) is 0 Å². The number of hydrogen-bond acceptors (Lipinski definition) is 5. The topological polar surface area (TPSA) is 109 Å². The van der Waals surface area contributed by atoms with Gasteiger partial charge >= 0.3 is 0 Å². The largest absolute Gasteiger partial charge is 0.446 e. The van der Waals surface area contributed by atoms with Crippen molar-refractivity contribution in [1.82, 2.24) is 9.80 Å². The van der Waals surface area contributed by atoms with Gasteiger partial charge in [0.25, 0.3) is 17.7 Å². The number of nitrogens with one attached hydrogen (secondary N) is 1. The monoisotopic (exact) mass is 442 g/mol. The van der Waals surface area contributed by atoms with Crippen molar-refractivity contribution in [3.05, 3.63) is 64.9 Å². The lowest BCUT2D eigenvalue weighted by Gasteiger charge is -2.32. The molecule has 10 heteroatoms. The highest BCUT2D eigenvalue weighted by molar-refractivity contribution is 6.14. The van der Waals surface area contributed by atoms with Crippen LogP contribution in [0.5, 0.6) is 0 Å². The van der Waals surface area contributed by atoms with Crippen LogP contribution in [0, 0.1) is 11.6 Å². The van der Waals surface area contributed by atoms with E-state index in [-0.39, 0.29) is 22.5 Å². The highest BCUT2D eigenvalue weighted by Crippen LogP contribution is 2.33. The van der Waals surface area contributed by atoms with E-state index in [2.05, 4.69) is 10.2 Å². The van der Waals surface area contributed by atoms with Crippen LogP contribution < -0.4 is 11.1 Å². The lowest BCUT2D eigenvalue weighted by Crippen LogP contribution is -2.47. The van der Waals surface area contributed by atoms with Crippen molar-refractivity contribution in [2.24, 2.45) is 5.73 Å². The first-order valence-corrected chi connectivity index (χ1v) is 9.85. The van der Waals surface area contributed by atoms with Crippen molar-refractivity contribution in [3.8, 4) is 0 Å². The normalized spacial score (nSPS) is 14.5. The van der Waals surface area contributed by atoms with Gasteiger partial charge in [0.1, 0.15) is 11.5 Å². The van der Waals surface area contributed by atoms with Gasteiger partial charge in [0, 0.05) is 43.4 Å². The van der Waals surface area contributed by atoms with Crippen molar-refractivity contribution in [2.75, 3.05) is 38.5 Å². The van der Waals surface area contributed by atoms with Gasteiger partial charge in [-0.15, -0.1) is 0 Å². The van der Waals surface area contributed by atoms with Crippen molar-refractivity contribution in [1.29, 1.82) is 0 Å². The molecule has 2 heterocycles. The summed E-state index contributed by atoms with van der Waals surface area (Å²) in [5.41, 5.74) is 5.07. The fourth-order valence-electron chi connectivity index (χ4n) is 3.59. The van der Waals surface area contributed by atoms with Gasteiger partial charge < -0.3 is 25.3 Å². The molecule has 1 fully saturated rings. The molecule has 3 aromatic rings. The number of carbonyl (C=O) groups is 3. The first-order valence-electron chi connectivity index (χ1n) is 9.85. The molecule has 1 aromatic heterocycles. The Labute approximate surface area is 181 Å². The number of primary amides is 1. The average Bonchev–Trinajstić information content (AvgIpc) is 3.12. The SMILES string of the molecule is CN1CCN(C(=O)c2cccc(C(=O)Nc3c(C(N)=O)oc4c(F)cc(F)cc34)c2)CC1. The van der Waals surface area contributed by atoms with Gasteiger partial charge in [-0.05, 0) is 31.3 Å². The second kappa shape index (κ2) is 8.39. The Hall–Kier alpha value is -3.79. The van der Waals surface area contributed by atoms with Crippen LogP contribution in [-0.2, 0) is 0 Å². The maximum atomic E-state index is 14.1. The number of halogens is 2. The Morgan fingerprint density at radius 1 is 1.03 bits per heavy atom. The van der Waals surface area contributed by atoms with E-state index in [1.807, 2.05) is 7.05 Å². The predicted octanol–water partition coefficient (Wildman–Crippen LogP) is 2.45. The molecule has 2 aromatic carbocycles. The highest BCUT2D eigenvalue weighted by Gasteiger charge is 2.25. The Morgan fingerprint density at radius 2 is 1.72 bits per heavy atom. The van der Waals surface area contributed by atoms with Crippen LogP contribution in [0.15, 0.2) is 40.8 Å². The van der Waals surface area contributed by atoms with Crippen LogP contribution in [-0.4, -0.2) is 60.7 Å². The van der Waals surface area contributed by atoms with Crippen LogP contribution in [0.4, 0.5) is 14.5 Å². The number of anilines is 1. The number of piperazine rings is 1. The molecule has 1 aliphatic rings. The molecule has 166 valence electrons. The second-order valence-corrected chi connectivity index (χ2v) is 7.57. The minimum atomic E-state index is -1.06. The molecule has 0 radical (unpaired) electrons. The van der Waals surface area contributed by atoms with E-state index in [9.17, 15) is 23.2 Å². The van der Waals surface area contributed by atoms with Crippen molar-refractivity contribution >= 4 is 34.4 Å². The van der Waals surface area contributed by atoms with Gasteiger partial charge in [0.05, 0.1) is 5.39 Å². The number of likely N-dealkylation sites (N-methyl/N-ethyl adjacent to an activating group) is 1. The second-order valence-electron chi connectivity index (χ2n) is 7.57. The van der Waals surface area contributed by atoms with Crippen LogP contribution in [0.1, 0.15) is 31.3 Å². The molecule has 0 spiro atoms. The number of amides is 3. The van der Waals surface area contributed by atoms with Gasteiger partial charge in [-0.1, -0.05) is 6.07 Å². The van der Waals surface area contributed by atoms with Gasteiger partial charge in [-0.2, -0.15) is 0 Å². The molecule has 1 aliphatic heterocycles. The molecule has 32 heavy (non-hydrogen) atoms. The molecule has 0 atom stereocenters. The Bertz CT molecular complexity index is 1230. The summed E-state index contributed by atoms with van der Waals surface area (Å²) < 4.78 is 32.9. The lowest BCUT2D eigenvalue weighted by atomic mass is 10.1. The summed E-state index contributed by atoms with van der Waals surface area (Å²) in [4.78, 5) is 41.3. The van der Waals surface area contributed by atoms with Gasteiger partial charge in [-0.3, -0.25) is 14.4 Å². The fourth-order valence-corrected chi connectivity index (χ4v) is 3.59. The lowest BCUT2D eigenvalue weighted by molar-refractivity contribution is 0.0664. The van der Waals surface area contributed by atoms with Crippen LogP contribution in [0.3, 0.4) is 0 Å². The zero-order valence-electron chi connectivity index (χ0n) is 17.2. The number of hydrogen-bond donors (Lipinski definition) is 2. The van der Waals surface area contributed by atoms with E-state index in [1.54, 1.807) is 17.0 Å². The Morgan fingerprint density at radius 3 is 2.41 bits per heavy atom. The molecule has 0 unspecified atom stereocenters. The summed E-state index contributed by atoms with van der Waals surface area (Å²) >= 11 is 0. The average molecular weight is 442 g/mol. The maximum Gasteiger partial charge on any atom is 0.286 e. The molecular weight excluding hydrogens is 422 g/mol. The third-order valence-corrected chi connectivity index (χ3v) is 5.33. The molecule has 3 N–H and O–H groups in total. The van der Waals surface area contributed by atoms with Crippen molar-refractivity contribution in [2.45, 2.75) is 0 Å². The van der Waals surface area contributed by atoms with Gasteiger partial charge in [-0.25, -0.2) is 8.78 Å². The zero-order valence-corrected chi connectivity index (χ0v) is 17.2. The fraction of sp³-hybridized carbons (Fsp3) is 0.227. The number of furan rings is 1. The molecule has 3 amide bonds. The summed E-state index contributed by atoms with van der Waals surface area (Å²) in [5.74, 6) is -4.43. The number of nitrogens with two attached hydrogens (primary N) is 1. The Balaban J connectivity index is 1.63. The van der Waals surface area contributed by atoms with E-state index in [4.69, 9.17) is 10.2 Å². The standard InChI is InChI=1S/C22H20F2N4O4/c1-27-5-7-28(8-6-27)22(31)13-4-2-3-12(9-13)21(30)26-17-15-10-14(23)11-16(24)18(15)32-19(17)20(25)29/h2-4,9-11H,5-8H2,1H3,(H2,25,29)(H,26,30). The molecule has 8 nitrogen and oxygen atoms in total. The molecular formula is C22H20F2N4O4. The molecule has 0 saturated carbocycles. The minimum Gasteiger partial charge on any atom is -0.446 e. The predicted molar refractivity (Wildman–Crippen MR) is 112 cm³/mol. The summed E-state index contributed by atoms with van der Waals surface area (Å²) in [6, 6.07) is 7.57. The van der Waals surface area contributed by atoms with Crippen molar-refractivity contribution < 1.29 is 27.6 Å². The van der Waals surface area contributed by atoms with E-state index in [1.165, 1.54) is 12.1 Å². The summed E-state index contributed by atoms with van der Waals surface area (Å²) in [5, 5.41) is 2.29. The van der Waals surface area contributed by atoms with Gasteiger partial charge in [0.15, 0.2) is 11.4 Å². The summed E-state index contributed by atoms with van der Waals surface area (Å²) in [7, 11) is 1.98. The van der Waals surface area contributed by atoms with E-state index >= 15 is 0 Å². The molecule has 0 bridgehead atoms. The molecule has 4 rings (SSSR count). The van der Waals surface area contributed by atoms with Crippen LogP contribution in [0.25, 0.3) is 11.0 Å². The quantitative estimate of drug-likeness (QED) is 0.645. The molecule has 1 saturated heterocycles. The molecule has 0 aliphatic carbocycles. The number of fused-ring (bicyclic) bond motifs is 1. The third-order valence-electron chi connectivity index (χ3n) is 5.33. The van der Waals surface area contributed by atoms with E-state index < -0.39 is 34.8 Å². The zero-order chi connectivity index (χ0) is 23.0. The minimum absolute atomic E-state index is 0.117. The summed E-state index contributed by atoms with van der Waals surface area (Å²) in [6.45, 7) is 2.66. The maximum absolute atomic E-state index is 14.1. The first-order chi connectivity index (χ1) is 15.2. The third kappa shape index (κ3) is 4.04. The van der Waals surface area contributed by atoms with E-state index in [0.29, 0.717) is 24.7 Å². The highest BCUT2D eigenvalue weighted by atomic mass is 19.1. The number of rotatable bonds is 4. The van der Waals surface area contributed by atoms with E-state index in [0.717, 1.165) is 19.2 Å². The summed E-state index contributed by atoms with van der Waals surface area (Å²) in [6.07, 6.45) is 0. The number of carbonyl (C=O) groups excluding carboxylic acids is 3. The number of nitrogens with zero attached hydrogens (tertiary/aromatic N) is 2. The first kappa shape index (κ1) is 21.4. The number of benzene rings is 2. The van der Waals surface area contributed by atoms with Gasteiger partial charge in [0.2, 0.25) is 5.76 Å². The van der Waals surface area contributed by atoms with Crippen LogP contribution >= 0.6 is 0 Å². The Kier molecular flexibility index (Phi) is 5.62. The smallest absolute Gasteiger partial charge is 0.286 e.